The molecule has 4 heteroatoms. The predicted molar refractivity (Wildman–Crippen MR) is 77.1 cm³/mol. The van der Waals surface area contributed by atoms with Crippen molar-refractivity contribution >= 4 is 0 Å². The number of aromatic nitrogens is 2. The molecule has 0 radical (unpaired) electrons. The van der Waals surface area contributed by atoms with Crippen molar-refractivity contribution in [2.24, 2.45) is 0 Å². The first-order chi connectivity index (χ1) is 9.35. The van der Waals surface area contributed by atoms with Crippen LogP contribution in [0.5, 0.6) is 0 Å². The first kappa shape index (κ1) is 14.5. The largest absolute Gasteiger partial charge is 0.378 e. The van der Waals surface area contributed by atoms with E-state index in [1.165, 1.54) is 25.1 Å². The molecule has 0 bridgehead atoms. The van der Waals surface area contributed by atoms with Crippen molar-refractivity contribution in [2.75, 3.05) is 13.2 Å². The van der Waals surface area contributed by atoms with E-state index in [0.717, 1.165) is 32.5 Å². The van der Waals surface area contributed by atoms with Crippen molar-refractivity contribution in [3.05, 3.63) is 18.2 Å². The Labute approximate surface area is 116 Å². The Morgan fingerprint density at radius 2 is 2.37 bits per heavy atom. The van der Waals surface area contributed by atoms with Crippen LogP contribution >= 0.6 is 0 Å². The van der Waals surface area contributed by atoms with Gasteiger partial charge in [0.1, 0.15) is 5.82 Å². The summed E-state index contributed by atoms with van der Waals surface area (Å²) in [4.78, 5) is 4.53. The topological polar surface area (TPSA) is 39.1 Å². The molecule has 0 amide bonds. The molecule has 0 aliphatic carbocycles. The Hall–Kier alpha value is -0.870. The van der Waals surface area contributed by atoms with Crippen LogP contribution in [-0.2, 0) is 11.3 Å². The molecule has 1 fully saturated rings. The van der Waals surface area contributed by atoms with Gasteiger partial charge in [0.05, 0.1) is 12.1 Å². The Morgan fingerprint density at radius 1 is 1.47 bits per heavy atom. The molecule has 0 aromatic carbocycles. The third-order valence-corrected chi connectivity index (χ3v) is 3.90. The molecular formula is C15H27N3O. The lowest BCUT2D eigenvalue weighted by atomic mass is 10.0. The van der Waals surface area contributed by atoms with Crippen molar-refractivity contribution in [1.29, 1.82) is 0 Å². The summed E-state index contributed by atoms with van der Waals surface area (Å²) in [7, 11) is 0. The molecule has 19 heavy (non-hydrogen) atoms. The zero-order chi connectivity index (χ0) is 13.5. The highest BCUT2D eigenvalue weighted by Gasteiger charge is 2.19. The fraction of sp³-hybridized carbons (Fsp3) is 0.800. The van der Waals surface area contributed by atoms with Crippen molar-refractivity contribution < 1.29 is 4.74 Å². The van der Waals surface area contributed by atoms with E-state index in [2.05, 4.69) is 34.9 Å². The van der Waals surface area contributed by atoms with E-state index in [9.17, 15) is 0 Å². The Morgan fingerprint density at radius 3 is 3.05 bits per heavy atom. The Bertz CT molecular complexity index is 358. The minimum atomic E-state index is 0.352. The van der Waals surface area contributed by atoms with Gasteiger partial charge in [0, 0.05) is 25.5 Å². The normalized spacial score (nSPS) is 21.5. The van der Waals surface area contributed by atoms with Gasteiger partial charge in [0.15, 0.2) is 0 Å². The third kappa shape index (κ3) is 4.05. The number of nitrogens with zero attached hydrogens (tertiary/aromatic N) is 2. The van der Waals surface area contributed by atoms with Crippen LogP contribution in [0.1, 0.15) is 57.8 Å². The molecule has 0 saturated carbocycles. The molecule has 1 N–H and O–H groups in total. The number of hydrogen-bond donors (Lipinski definition) is 1. The molecule has 4 nitrogen and oxygen atoms in total. The van der Waals surface area contributed by atoms with Crippen molar-refractivity contribution in [1.82, 2.24) is 14.9 Å². The summed E-state index contributed by atoms with van der Waals surface area (Å²) in [6.07, 6.45) is 10.4. The van der Waals surface area contributed by atoms with E-state index in [0.29, 0.717) is 12.1 Å². The maximum absolute atomic E-state index is 5.83. The lowest BCUT2D eigenvalue weighted by molar-refractivity contribution is 0.00838. The summed E-state index contributed by atoms with van der Waals surface area (Å²) in [5, 5.41) is 3.56. The van der Waals surface area contributed by atoms with Gasteiger partial charge in [-0.1, -0.05) is 6.92 Å². The van der Waals surface area contributed by atoms with E-state index in [1.807, 2.05) is 6.20 Å². The van der Waals surface area contributed by atoms with Gasteiger partial charge in [-0.25, -0.2) is 4.98 Å². The maximum Gasteiger partial charge on any atom is 0.125 e. The zero-order valence-electron chi connectivity index (χ0n) is 12.3. The monoisotopic (exact) mass is 265 g/mol. The van der Waals surface area contributed by atoms with Crippen LogP contribution in [0, 0.1) is 0 Å². The van der Waals surface area contributed by atoms with Crippen LogP contribution in [0.15, 0.2) is 12.4 Å². The van der Waals surface area contributed by atoms with Crippen molar-refractivity contribution in [3.8, 4) is 0 Å². The van der Waals surface area contributed by atoms with Gasteiger partial charge in [-0.3, -0.25) is 0 Å². The minimum Gasteiger partial charge on any atom is -0.378 e. The molecule has 2 rings (SSSR count). The van der Waals surface area contributed by atoms with E-state index in [4.69, 9.17) is 4.74 Å². The second-order valence-electron chi connectivity index (χ2n) is 5.25. The van der Waals surface area contributed by atoms with Crippen molar-refractivity contribution in [3.63, 3.8) is 0 Å². The van der Waals surface area contributed by atoms with Gasteiger partial charge in [0.2, 0.25) is 0 Å². The second-order valence-corrected chi connectivity index (χ2v) is 5.25. The molecule has 1 aromatic heterocycles. The van der Waals surface area contributed by atoms with Gasteiger partial charge in [-0.15, -0.1) is 0 Å². The summed E-state index contributed by atoms with van der Waals surface area (Å²) in [6.45, 7) is 7.23. The molecular weight excluding hydrogens is 238 g/mol. The Kier molecular flexibility index (Phi) is 5.86. The van der Waals surface area contributed by atoms with Gasteiger partial charge >= 0.3 is 0 Å². The molecule has 1 aromatic rings. The predicted octanol–water partition coefficient (Wildman–Crippen LogP) is 2.90. The lowest BCUT2D eigenvalue weighted by Gasteiger charge is -2.25. The summed E-state index contributed by atoms with van der Waals surface area (Å²) in [5.74, 6) is 1.17. The summed E-state index contributed by atoms with van der Waals surface area (Å²) >= 11 is 0. The summed E-state index contributed by atoms with van der Waals surface area (Å²) in [5.41, 5.74) is 0. The van der Waals surface area contributed by atoms with Gasteiger partial charge in [-0.2, -0.15) is 0 Å². The first-order valence-corrected chi connectivity index (χ1v) is 7.71. The number of nitrogens with one attached hydrogen (secondary N) is 1. The molecule has 2 unspecified atom stereocenters. The molecule has 2 atom stereocenters. The highest BCUT2D eigenvalue weighted by atomic mass is 16.5. The maximum atomic E-state index is 5.83. The quantitative estimate of drug-likeness (QED) is 0.824. The third-order valence-electron chi connectivity index (χ3n) is 3.90. The molecule has 0 spiro atoms. The van der Waals surface area contributed by atoms with Gasteiger partial charge < -0.3 is 14.6 Å². The molecule has 2 heterocycles. The minimum absolute atomic E-state index is 0.352. The van der Waals surface area contributed by atoms with Crippen LogP contribution in [0.4, 0.5) is 0 Å². The lowest BCUT2D eigenvalue weighted by Crippen LogP contribution is -2.27. The number of aryl methyl sites for hydroxylation is 1. The number of ether oxygens (including phenoxy) is 1. The van der Waals surface area contributed by atoms with E-state index in [1.54, 1.807) is 0 Å². The summed E-state index contributed by atoms with van der Waals surface area (Å²) < 4.78 is 8.06. The van der Waals surface area contributed by atoms with Crippen LogP contribution in [0.2, 0.25) is 0 Å². The molecule has 1 saturated heterocycles. The van der Waals surface area contributed by atoms with E-state index >= 15 is 0 Å². The highest BCUT2D eigenvalue weighted by molar-refractivity contribution is 4.99. The van der Waals surface area contributed by atoms with Crippen molar-refractivity contribution in [2.45, 2.75) is 64.6 Å². The fourth-order valence-corrected chi connectivity index (χ4v) is 2.85. The SMILES string of the molecule is CCNC(CCC1CCCCO1)c1nccn1CC. The summed E-state index contributed by atoms with van der Waals surface area (Å²) in [6, 6.07) is 0.352. The molecule has 108 valence electrons. The smallest absolute Gasteiger partial charge is 0.125 e. The molecule has 1 aliphatic rings. The van der Waals surface area contributed by atoms with Crippen LogP contribution < -0.4 is 5.32 Å². The first-order valence-electron chi connectivity index (χ1n) is 7.71. The van der Waals surface area contributed by atoms with E-state index in [-0.39, 0.29) is 0 Å². The average molecular weight is 265 g/mol. The number of imidazole rings is 1. The van der Waals surface area contributed by atoms with Gasteiger partial charge in [0.25, 0.3) is 0 Å². The van der Waals surface area contributed by atoms with Crippen LogP contribution in [0.25, 0.3) is 0 Å². The second kappa shape index (κ2) is 7.65. The average Bonchev–Trinajstić information content (AvgIpc) is 2.93. The van der Waals surface area contributed by atoms with E-state index < -0.39 is 0 Å². The standard InChI is InChI=1S/C15H27N3O/c1-3-16-14(15-17-10-11-18(15)4-2)9-8-13-7-5-6-12-19-13/h10-11,13-14,16H,3-9,12H2,1-2H3. The molecule has 1 aliphatic heterocycles. The van der Waals surface area contributed by atoms with Gasteiger partial charge in [-0.05, 0) is 45.6 Å². The van der Waals surface area contributed by atoms with Crippen LogP contribution in [0.3, 0.4) is 0 Å². The zero-order valence-corrected chi connectivity index (χ0v) is 12.3. The highest BCUT2D eigenvalue weighted by Crippen LogP contribution is 2.23. The van der Waals surface area contributed by atoms with Crippen LogP contribution in [-0.4, -0.2) is 28.8 Å². The number of hydrogen-bond acceptors (Lipinski definition) is 3. The Balaban J connectivity index is 1.91. The number of rotatable bonds is 7. The fourth-order valence-electron chi connectivity index (χ4n) is 2.85.